The van der Waals surface area contributed by atoms with Gasteiger partial charge in [0.25, 0.3) is 0 Å². The summed E-state index contributed by atoms with van der Waals surface area (Å²) < 4.78 is 1.87. The SMILES string of the molecule is CC(Nc1nc(Nc2cnn(C(C)C)c2)nc2[nH]cc(C#N)c12)C1CC1. The number of hydrogen-bond acceptors (Lipinski definition) is 6. The number of anilines is 3. The van der Waals surface area contributed by atoms with E-state index in [1.165, 1.54) is 12.8 Å². The summed E-state index contributed by atoms with van der Waals surface area (Å²) in [5.74, 6) is 1.83. The molecule has 134 valence electrons. The molecule has 3 N–H and O–H groups in total. The summed E-state index contributed by atoms with van der Waals surface area (Å²) in [7, 11) is 0. The zero-order chi connectivity index (χ0) is 18.3. The van der Waals surface area contributed by atoms with Crippen molar-refractivity contribution in [2.75, 3.05) is 10.6 Å². The van der Waals surface area contributed by atoms with E-state index in [9.17, 15) is 5.26 Å². The van der Waals surface area contributed by atoms with Gasteiger partial charge in [0.05, 0.1) is 22.8 Å². The molecule has 8 nitrogen and oxygen atoms in total. The number of fused-ring (bicyclic) bond motifs is 1. The third-order valence-electron chi connectivity index (χ3n) is 4.73. The molecule has 1 atom stereocenters. The highest BCUT2D eigenvalue weighted by Crippen LogP contribution is 2.35. The van der Waals surface area contributed by atoms with Gasteiger partial charge in [-0.3, -0.25) is 4.68 Å². The van der Waals surface area contributed by atoms with Gasteiger partial charge in [-0.15, -0.1) is 0 Å². The van der Waals surface area contributed by atoms with Crippen molar-refractivity contribution in [2.24, 2.45) is 5.92 Å². The van der Waals surface area contributed by atoms with Crippen LogP contribution < -0.4 is 10.6 Å². The molecular formula is C18H22N8. The predicted molar refractivity (Wildman–Crippen MR) is 100 cm³/mol. The normalized spacial score (nSPS) is 15.2. The van der Waals surface area contributed by atoms with Crippen molar-refractivity contribution in [2.45, 2.75) is 45.7 Å². The molecule has 0 amide bonds. The Kier molecular flexibility index (Phi) is 3.99. The van der Waals surface area contributed by atoms with Gasteiger partial charge in [-0.2, -0.15) is 20.3 Å². The Morgan fingerprint density at radius 3 is 2.77 bits per heavy atom. The van der Waals surface area contributed by atoms with Crippen molar-refractivity contribution < 1.29 is 0 Å². The van der Waals surface area contributed by atoms with E-state index in [1.54, 1.807) is 12.4 Å². The molecule has 0 saturated heterocycles. The number of hydrogen-bond donors (Lipinski definition) is 3. The van der Waals surface area contributed by atoms with Crippen LogP contribution in [0.2, 0.25) is 0 Å². The van der Waals surface area contributed by atoms with Crippen LogP contribution in [-0.2, 0) is 0 Å². The van der Waals surface area contributed by atoms with E-state index in [2.05, 4.69) is 57.5 Å². The van der Waals surface area contributed by atoms with Gasteiger partial charge in [0.2, 0.25) is 5.95 Å². The van der Waals surface area contributed by atoms with Crippen LogP contribution in [0.5, 0.6) is 0 Å². The highest BCUT2D eigenvalue weighted by Gasteiger charge is 2.29. The maximum absolute atomic E-state index is 9.38. The molecule has 1 aliphatic rings. The highest BCUT2D eigenvalue weighted by atomic mass is 15.3. The molecule has 3 aromatic heterocycles. The Morgan fingerprint density at radius 1 is 1.31 bits per heavy atom. The molecule has 1 saturated carbocycles. The highest BCUT2D eigenvalue weighted by molar-refractivity contribution is 5.93. The van der Waals surface area contributed by atoms with Crippen LogP contribution in [0.1, 0.15) is 45.2 Å². The Hall–Kier alpha value is -3.08. The second-order valence-electron chi connectivity index (χ2n) is 7.13. The number of H-pyrrole nitrogens is 1. The second-order valence-corrected chi connectivity index (χ2v) is 7.13. The summed E-state index contributed by atoms with van der Waals surface area (Å²) in [6, 6.07) is 2.80. The topological polar surface area (TPSA) is 107 Å². The van der Waals surface area contributed by atoms with Gasteiger partial charge < -0.3 is 15.6 Å². The monoisotopic (exact) mass is 350 g/mol. The molecule has 0 spiro atoms. The summed E-state index contributed by atoms with van der Waals surface area (Å²) in [5.41, 5.74) is 2.01. The summed E-state index contributed by atoms with van der Waals surface area (Å²) in [6.45, 7) is 6.30. The minimum Gasteiger partial charge on any atom is -0.367 e. The standard InChI is InChI=1S/C18H22N8/c1-10(2)26-9-14(8-21-26)23-18-24-16-15(13(6-19)7-20-16)17(25-18)22-11(3)12-4-5-12/h7-12H,4-5H2,1-3H3,(H3,20,22,23,24,25). The average molecular weight is 350 g/mol. The van der Waals surface area contributed by atoms with E-state index in [0.29, 0.717) is 34.9 Å². The van der Waals surface area contributed by atoms with Crippen LogP contribution in [0, 0.1) is 17.2 Å². The summed E-state index contributed by atoms with van der Waals surface area (Å²) >= 11 is 0. The summed E-state index contributed by atoms with van der Waals surface area (Å²) in [6.07, 6.45) is 7.82. The van der Waals surface area contributed by atoms with Crippen LogP contribution in [0.15, 0.2) is 18.6 Å². The maximum atomic E-state index is 9.38. The van der Waals surface area contributed by atoms with Crippen LogP contribution >= 0.6 is 0 Å². The number of aromatic nitrogens is 5. The summed E-state index contributed by atoms with van der Waals surface area (Å²) in [5, 5.41) is 21.1. The lowest BCUT2D eigenvalue weighted by molar-refractivity contribution is 0.532. The van der Waals surface area contributed by atoms with Gasteiger partial charge in [-0.25, -0.2) is 0 Å². The van der Waals surface area contributed by atoms with Crippen molar-refractivity contribution in [3.8, 4) is 6.07 Å². The number of nitriles is 1. The zero-order valence-corrected chi connectivity index (χ0v) is 15.1. The van der Waals surface area contributed by atoms with E-state index in [1.807, 2.05) is 10.9 Å². The smallest absolute Gasteiger partial charge is 0.231 e. The molecule has 3 aromatic rings. The maximum Gasteiger partial charge on any atom is 0.231 e. The minimum absolute atomic E-state index is 0.284. The van der Waals surface area contributed by atoms with Gasteiger partial charge in [0.1, 0.15) is 17.5 Å². The van der Waals surface area contributed by atoms with Gasteiger partial charge in [-0.05, 0) is 39.5 Å². The largest absolute Gasteiger partial charge is 0.367 e. The van der Waals surface area contributed by atoms with E-state index in [0.717, 1.165) is 11.1 Å². The lowest BCUT2D eigenvalue weighted by atomic mass is 10.2. The first-order chi connectivity index (χ1) is 12.5. The Balaban J connectivity index is 1.69. The molecule has 0 aliphatic heterocycles. The second kappa shape index (κ2) is 6.33. The van der Waals surface area contributed by atoms with Crippen LogP contribution in [0.4, 0.5) is 17.5 Å². The predicted octanol–water partition coefficient (Wildman–Crippen LogP) is 3.56. The fraction of sp³-hybridized carbons (Fsp3) is 0.444. The van der Waals surface area contributed by atoms with Crippen LogP contribution in [-0.4, -0.2) is 30.8 Å². The molecule has 8 heteroatoms. The van der Waals surface area contributed by atoms with Crippen molar-refractivity contribution in [1.82, 2.24) is 24.7 Å². The van der Waals surface area contributed by atoms with E-state index in [-0.39, 0.29) is 6.04 Å². The molecule has 0 radical (unpaired) electrons. The van der Waals surface area contributed by atoms with Crippen LogP contribution in [0.25, 0.3) is 11.0 Å². The first kappa shape index (κ1) is 16.4. The first-order valence-corrected chi connectivity index (χ1v) is 8.92. The lowest BCUT2D eigenvalue weighted by Crippen LogP contribution is -2.19. The fourth-order valence-electron chi connectivity index (χ4n) is 3.03. The zero-order valence-electron chi connectivity index (χ0n) is 15.1. The lowest BCUT2D eigenvalue weighted by Gasteiger charge is -2.15. The molecule has 1 fully saturated rings. The Labute approximate surface area is 151 Å². The summed E-state index contributed by atoms with van der Waals surface area (Å²) in [4.78, 5) is 12.2. The van der Waals surface area contributed by atoms with Gasteiger partial charge >= 0.3 is 0 Å². The number of nitrogens with zero attached hydrogens (tertiary/aromatic N) is 5. The van der Waals surface area contributed by atoms with E-state index >= 15 is 0 Å². The molecule has 0 aromatic carbocycles. The van der Waals surface area contributed by atoms with Gasteiger partial charge in [0, 0.05) is 24.5 Å². The molecular weight excluding hydrogens is 328 g/mol. The molecule has 1 aliphatic carbocycles. The van der Waals surface area contributed by atoms with E-state index < -0.39 is 0 Å². The first-order valence-electron chi connectivity index (χ1n) is 8.92. The molecule has 3 heterocycles. The Morgan fingerprint density at radius 2 is 2.12 bits per heavy atom. The van der Waals surface area contributed by atoms with Gasteiger partial charge in [-0.1, -0.05) is 0 Å². The minimum atomic E-state index is 0.284. The third-order valence-corrected chi connectivity index (χ3v) is 4.73. The van der Waals surface area contributed by atoms with Gasteiger partial charge in [0.15, 0.2) is 0 Å². The molecule has 4 rings (SSSR count). The fourth-order valence-corrected chi connectivity index (χ4v) is 3.03. The van der Waals surface area contributed by atoms with Crippen molar-refractivity contribution in [3.05, 3.63) is 24.2 Å². The molecule has 0 bridgehead atoms. The third kappa shape index (κ3) is 3.08. The van der Waals surface area contributed by atoms with Crippen LogP contribution in [0.3, 0.4) is 0 Å². The molecule has 1 unspecified atom stereocenters. The van der Waals surface area contributed by atoms with E-state index in [4.69, 9.17) is 0 Å². The molecule has 26 heavy (non-hydrogen) atoms. The van der Waals surface area contributed by atoms with Crippen molar-refractivity contribution in [1.29, 1.82) is 5.26 Å². The quantitative estimate of drug-likeness (QED) is 0.627. The number of aromatic amines is 1. The average Bonchev–Trinajstić information content (AvgIpc) is 3.22. The Bertz CT molecular complexity index is 973. The number of rotatable bonds is 6. The van der Waals surface area contributed by atoms with Crippen molar-refractivity contribution >= 4 is 28.5 Å². The number of nitrogens with one attached hydrogen (secondary N) is 3. The van der Waals surface area contributed by atoms with Crippen molar-refractivity contribution in [3.63, 3.8) is 0 Å².